The Morgan fingerprint density at radius 2 is 1.97 bits per heavy atom. The molecule has 11 heteroatoms. The summed E-state index contributed by atoms with van der Waals surface area (Å²) in [5.74, 6) is -0.335. The van der Waals surface area contributed by atoms with E-state index in [1.54, 1.807) is 17.4 Å². The first-order valence-electron chi connectivity index (χ1n) is 10.2. The molecule has 3 aromatic rings. The van der Waals surface area contributed by atoms with Crippen molar-refractivity contribution in [2.45, 2.75) is 31.7 Å². The number of hydrogen-bond acceptors (Lipinski definition) is 7. The van der Waals surface area contributed by atoms with Crippen LogP contribution < -0.4 is 5.32 Å². The van der Waals surface area contributed by atoms with Crippen LogP contribution in [0.1, 0.15) is 26.6 Å². The topological polar surface area (TPSA) is 115 Å². The normalized spacial score (nSPS) is 11.7. The number of hydrogen-bond donors (Lipinski definition) is 1. The van der Waals surface area contributed by atoms with Crippen LogP contribution in [0.4, 0.5) is 11.4 Å². The number of nitrogens with one attached hydrogen (secondary N) is 1. The summed E-state index contributed by atoms with van der Waals surface area (Å²) in [7, 11) is -1.30. The fourth-order valence-corrected chi connectivity index (χ4v) is 5.54. The summed E-state index contributed by atoms with van der Waals surface area (Å²) in [6.07, 6.45) is 0.845. The maximum atomic E-state index is 13.0. The quantitative estimate of drug-likeness (QED) is 0.262. The van der Waals surface area contributed by atoms with Gasteiger partial charge in [-0.25, -0.2) is 8.42 Å². The van der Waals surface area contributed by atoms with Crippen molar-refractivity contribution in [3.63, 3.8) is 0 Å². The maximum absolute atomic E-state index is 13.0. The average Bonchev–Trinajstić information content (AvgIpc) is 3.39. The highest BCUT2D eigenvalue weighted by atomic mass is 32.2. The van der Waals surface area contributed by atoms with E-state index >= 15 is 0 Å². The van der Waals surface area contributed by atoms with Crippen molar-refractivity contribution in [2.24, 2.45) is 0 Å². The second kappa shape index (κ2) is 9.86. The fourth-order valence-electron chi connectivity index (χ4n) is 3.69. The minimum Gasteiger partial charge on any atom is -0.383 e. The number of sulfonamides is 1. The van der Waals surface area contributed by atoms with Crippen LogP contribution in [0.15, 0.2) is 46.7 Å². The number of carbonyl (C=O) groups is 1. The molecule has 0 fully saturated rings. The van der Waals surface area contributed by atoms with Gasteiger partial charge in [0.2, 0.25) is 10.0 Å². The highest BCUT2D eigenvalue weighted by Crippen LogP contribution is 2.28. The molecule has 9 nitrogen and oxygen atoms in total. The van der Waals surface area contributed by atoms with Crippen molar-refractivity contribution in [1.29, 1.82) is 0 Å². The first-order valence-corrected chi connectivity index (χ1v) is 12.5. The molecule has 0 bridgehead atoms. The van der Waals surface area contributed by atoms with Gasteiger partial charge in [-0.15, -0.1) is 11.3 Å². The van der Waals surface area contributed by atoms with Crippen molar-refractivity contribution in [3.8, 4) is 0 Å². The standard InChI is InChI=1S/C22H26N4O5S2/c1-15-12-19(16(2)25(15)10-9-17-6-5-11-32-17)22(27)14-24(4)33(30,31)18-7-8-20(23-3)21(13-18)26(28)29/h5-8,11-13,23H,9-10,14H2,1-4H3. The summed E-state index contributed by atoms with van der Waals surface area (Å²) in [6, 6.07) is 9.46. The summed E-state index contributed by atoms with van der Waals surface area (Å²) < 4.78 is 29.0. The lowest BCUT2D eigenvalue weighted by Gasteiger charge is -2.17. The molecule has 0 amide bonds. The largest absolute Gasteiger partial charge is 0.383 e. The number of carbonyl (C=O) groups excluding carboxylic acids is 1. The number of rotatable bonds is 10. The van der Waals surface area contributed by atoms with Crippen molar-refractivity contribution >= 4 is 38.5 Å². The summed E-state index contributed by atoms with van der Waals surface area (Å²) in [5.41, 5.74) is 2.03. The lowest BCUT2D eigenvalue weighted by Crippen LogP contribution is -2.32. The van der Waals surface area contributed by atoms with Gasteiger partial charge in [0.05, 0.1) is 16.4 Å². The second-order valence-electron chi connectivity index (χ2n) is 7.64. The molecule has 0 aliphatic carbocycles. The molecule has 0 saturated heterocycles. The van der Waals surface area contributed by atoms with E-state index < -0.39 is 14.9 Å². The Morgan fingerprint density at radius 1 is 1.24 bits per heavy atom. The molecule has 0 aliphatic rings. The lowest BCUT2D eigenvalue weighted by atomic mass is 10.1. The van der Waals surface area contributed by atoms with Gasteiger partial charge in [0, 0.05) is 48.5 Å². The summed E-state index contributed by atoms with van der Waals surface area (Å²) in [6.45, 7) is 4.12. The number of nitrogens with zero attached hydrogens (tertiary/aromatic N) is 3. The van der Waals surface area contributed by atoms with Crippen molar-refractivity contribution < 1.29 is 18.1 Å². The molecule has 0 radical (unpaired) electrons. The zero-order valence-corrected chi connectivity index (χ0v) is 20.5. The van der Waals surface area contributed by atoms with E-state index in [1.807, 2.05) is 25.3 Å². The summed E-state index contributed by atoms with van der Waals surface area (Å²) in [4.78, 5) is 24.6. The Balaban J connectivity index is 1.79. The predicted octanol–water partition coefficient (Wildman–Crippen LogP) is 3.86. The molecule has 176 valence electrons. The van der Waals surface area contributed by atoms with Crippen LogP contribution in [0.3, 0.4) is 0 Å². The third kappa shape index (κ3) is 5.15. The smallest absolute Gasteiger partial charge is 0.293 e. The van der Waals surface area contributed by atoms with Gasteiger partial charge in [0.15, 0.2) is 5.78 Å². The molecular formula is C22H26N4O5S2. The first kappa shape index (κ1) is 24.6. The Morgan fingerprint density at radius 3 is 2.58 bits per heavy atom. The van der Waals surface area contributed by atoms with Crippen LogP contribution in [-0.4, -0.2) is 48.6 Å². The average molecular weight is 491 g/mol. The van der Waals surface area contributed by atoms with E-state index in [-0.39, 0.29) is 28.6 Å². The maximum Gasteiger partial charge on any atom is 0.293 e. The number of aryl methyl sites for hydroxylation is 2. The Kier molecular flexibility index (Phi) is 7.35. The molecular weight excluding hydrogens is 464 g/mol. The van der Waals surface area contributed by atoms with Crippen LogP contribution >= 0.6 is 11.3 Å². The number of nitro groups is 1. The molecule has 0 aliphatic heterocycles. The van der Waals surface area contributed by atoms with E-state index in [9.17, 15) is 23.3 Å². The highest BCUT2D eigenvalue weighted by Gasteiger charge is 2.27. The number of nitro benzene ring substituents is 1. The van der Waals surface area contributed by atoms with Gasteiger partial charge in [-0.3, -0.25) is 14.9 Å². The third-order valence-electron chi connectivity index (χ3n) is 5.55. The van der Waals surface area contributed by atoms with E-state index in [4.69, 9.17) is 0 Å². The van der Waals surface area contributed by atoms with Gasteiger partial charge in [0.25, 0.3) is 5.69 Å². The highest BCUT2D eigenvalue weighted by molar-refractivity contribution is 7.89. The first-order chi connectivity index (χ1) is 15.6. The molecule has 33 heavy (non-hydrogen) atoms. The second-order valence-corrected chi connectivity index (χ2v) is 10.7. The van der Waals surface area contributed by atoms with E-state index in [2.05, 4.69) is 16.0 Å². The van der Waals surface area contributed by atoms with E-state index in [0.717, 1.165) is 34.7 Å². The van der Waals surface area contributed by atoms with Crippen LogP contribution in [0.25, 0.3) is 0 Å². The molecule has 2 aromatic heterocycles. The van der Waals surface area contributed by atoms with Crippen molar-refractivity contribution in [3.05, 3.63) is 73.7 Å². The molecule has 0 unspecified atom stereocenters. The summed E-state index contributed by atoms with van der Waals surface area (Å²) in [5, 5.41) is 16.0. The lowest BCUT2D eigenvalue weighted by molar-refractivity contribution is -0.384. The van der Waals surface area contributed by atoms with E-state index in [0.29, 0.717) is 5.56 Å². The minimum atomic E-state index is -4.10. The zero-order chi connectivity index (χ0) is 24.3. The van der Waals surface area contributed by atoms with Gasteiger partial charge in [-0.05, 0) is 49.9 Å². The Hall–Kier alpha value is -3.02. The Bertz CT molecular complexity index is 1280. The third-order valence-corrected chi connectivity index (χ3v) is 8.28. The number of thiophene rings is 1. The Labute approximate surface area is 196 Å². The van der Waals surface area contributed by atoms with Crippen molar-refractivity contribution in [1.82, 2.24) is 8.87 Å². The number of anilines is 1. The van der Waals surface area contributed by atoms with Crippen LogP contribution in [0.5, 0.6) is 0 Å². The van der Waals surface area contributed by atoms with Crippen LogP contribution in [0.2, 0.25) is 0 Å². The van der Waals surface area contributed by atoms with Crippen molar-refractivity contribution in [2.75, 3.05) is 26.0 Å². The number of likely N-dealkylation sites (N-methyl/N-ethyl adjacent to an activating group) is 1. The SMILES string of the molecule is CNc1ccc(S(=O)(=O)N(C)CC(=O)c2cc(C)n(CCc3cccs3)c2C)cc1[N+](=O)[O-]. The number of benzene rings is 1. The molecule has 0 spiro atoms. The van der Waals surface area contributed by atoms with Gasteiger partial charge < -0.3 is 9.88 Å². The molecule has 0 saturated carbocycles. The minimum absolute atomic E-state index is 0.202. The number of ketones is 1. The molecule has 1 aromatic carbocycles. The monoisotopic (exact) mass is 490 g/mol. The van der Waals surface area contributed by atoms with Gasteiger partial charge in [0.1, 0.15) is 5.69 Å². The van der Waals surface area contributed by atoms with Crippen LogP contribution in [0, 0.1) is 24.0 Å². The summed E-state index contributed by atoms with van der Waals surface area (Å²) >= 11 is 1.68. The molecule has 3 rings (SSSR count). The predicted molar refractivity (Wildman–Crippen MR) is 129 cm³/mol. The molecule has 1 N–H and O–H groups in total. The van der Waals surface area contributed by atoms with E-state index in [1.165, 1.54) is 31.1 Å². The van der Waals surface area contributed by atoms with Gasteiger partial charge in [-0.1, -0.05) is 6.07 Å². The molecule has 0 atom stereocenters. The zero-order valence-electron chi connectivity index (χ0n) is 18.9. The molecule has 2 heterocycles. The number of Topliss-reactive ketones (excluding diaryl/α,β-unsaturated/α-hetero) is 1. The number of aromatic nitrogens is 1. The fraction of sp³-hybridized carbons (Fsp3) is 0.318. The van der Waals surface area contributed by atoms with Gasteiger partial charge in [-0.2, -0.15) is 4.31 Å². The van der Waals surface area contributed by atoms with Gasteiger partial charge >= 0.3 is 0 Å². The van der Waals surface area contributed by atoms with Crippen LogP contribution in [-0.2, 0) is 23.0 Å².